The van der Waals surface area contributed by atoms with Crippen LogP contribution in [0.4, 0.5) is 5.69 Å². The molecule has 1 aromatic carbocycles. The predicted molar refractivity (Wildman–Crippen MR) is 66.5 cm³/mol. The summed E-state index contributed by atoms with van der Waals surface area (Å²) in [7, 11) is 0. The van der Waals surface area contributed by atoms with Crippen molar-refractivity contribution < 1.29 is 0 Å². The number of H-pyrrole nitrogens is 1. The zero-order chi connectivity index (χ0) is 12.6. The molecule has 88 valence electrons. The summed E-state index contributed by atoms with van der Waals surface area (Å²) < 4.78 is 1.37. The topological polar surface area (TPSA) is 80.9 Å². The van der Waals surface area contributed by atoms with Gasteiger partial charge >= 0.3 is 5.69 Å². The van der Waals surface area contributed by atoms with E-state index in [0.717, 1.165) is 5.56 Å². The summed E-state index contributed by atoms with van der Waals surface area (Å²) in [5.74, 6) is 0. The van der Waals surface area contributed by atoms with E-state index in [-0.39, 0.29) is 5.56 Å². The predicted octanol–water partition coefficient (Wildman–Crippen LogP) is 0.725. The average molecular weight is 231 g/mol. The van der Waals surface area contributed by atoms with Crippen LogP contribution >= 0.6 is 0 Å². The van der Waals surface area contributed by atoms with Gasteiger partial charge < -0.3 is 5.73 Å². The fraction of sp³-hybridized carbons (Fsp3) is 0.167. The van der Waals surface area contributed by atoms with Crippen molar-refractivity contribution in [3.63, 3.8) is 0 Å². The second-order valence-electron chi connectivity index (χ2n) is 3.98. The van der Waals surface area contributed by atoms with Crippen LogP contribution in [0, 0.1) is 13.8 Å². The Morgan fingerprint density at radius 2 is 1.88 bits per heavy atom. The van der Waals surface area contributed by atoms with Gasteiger partial charge in [-0.1, -0.05) is 6.07 Å². The molecule has 5 nitrogen and oxygen atoms in total. The van der Waals surface area contributed by atoms with E-state index in [1.165, 1.54) is 10.8 Å². The monoisotopic (exact) mass is 231 g/mol. The third-order valence-electron chi connectivity index (χ3n) is 2.66. The van der Waals surface area contributed by atoms with E-state index in [1.54, 1.807) is 19.1 Å². The molecular formula is C12H13N3O2. The number of nitrogens with one attached hydrogen (secondary N) is 1. The third-order valence-corrected chi connectivity index (χ3v) is 2.66. The highest BCUT2D eigenvalue weighted by Crippen LogP contribution is 2.14. The highest BCUT2D eigenvalue weighted by Gasteiger charge is 2.04. The number of aryl methyl sites for hydroxylation is 2. The van der Waals surface area contributed by atoms with E-state index < -0.39 is 5.69 Å². The second kappa shape index (κ2) is 3.93. The molecule has 3 N–H and O–H groups in total. The molecular weight excluding hydrogens is 218 g/mol. The van der Waals surface area contributed by atoms with E-state index >= 15 is 0 Å². The van der Waals surface area contributed by atoms with E-state index in [4.69, 9.17) is 5.73 Å². The van der Waals surface area contributed by atoms with Crippen LogP contribution in [0.1, 0.15) is 11.1 Å². The minimum atomic E-state index is -0.469. The highest BCUT2D eigenvalue weighted by molar-refractivity contribution is 5.53. The Kier molecular flexibility index (Phi) is 2.59. The van der Waals surface area contributed by atoms with Crippen molar-refractivity contribution in [3.8, 4) is 5.69 Å². The lowest BCUT2D eigenvalue weighted by molar-refractivity contribution is 0.879. The molecule has 0 aliphatic carbocycles. The molecule has 2 rings (SSSR count). The minimum Gasteiger partial charge on any atom is -0.398 e. The summed E-state index contributed by atoms with van der Waals surface area (Å²) in [5.41, 5.74) is 7.62. The Balaban J connectivity index is 2.68. The Hall–Kier alpha value is -2.30. The molecule has 0 spiro atoms. The molecule has 0 bridgehead atoms. The van der Waals surface area contributed by atoms with Crippen LogP contribution in [0.2, 0.25) is 0 Å². The number of hydrogen-bond acceptors (Lipinski definition) is 3. The number of nitrogens with two attached hydrogens (primary N) is 1. The lowest BCUT2D eigenvalue weighted by Gasteiger charge is -2.08. The zero-order valence-electron chi connectivity index (χ0n) is 9.65. The van der Waals surface area contributed by atoms with Crippen LogP contribution in [0.25, 0.3) is 5.69 Å². The molecule has 1 aromatic heterocycles. The molecule has 0 fully saturated rings. The molecule has 0 saturated heterocycles. The van der Waals surface area contributed by atoms with Gasteiger partial charge in [0.05, 0.1) is 5.69 Å². The van der Waals surface area contributed by atoms with Gasteiger partial charge in [-0.3, -0.25) is 14.3 Å². The fourth-order valence-corrected chi connectivity index (χ4v) is 1.54. The first-order valence-electron chi connectivity index (χ1n) is 5.18. The van der Waals surface area contributed by atoms with Gasteiger partial charge in [-0.05, 0) is 31.5 Å². The Bertz CT molecular complexity index is 683. The molecule has 0 aliphatic heterocycles. The molecule has 0 aliphatic rings. The first-order valence-corrected chi connectivity index (χ1v) is 5.18. The molecule has 0 radical (unpaired) electrons. The van der Waals surface area contributed by atoms with Crippen molar-refractivity contribution in [1.82, 2.24) is 9.55 Å². The van der Waals surface area contributed by atoms with Crippen molar-refractivity contribution in [2.24, 2.45) is 0 Å². The molecule has 2 aromatic rings. The smallest absolute Gasteiger partial charge is 0.332 e. The van der Waals surface area contributed by atoms with Crippen LogP contribution in [0.15, 0.2) is 34.0 Å². The summed E-state index contributed by atoms with van der Waals surface area (Å²) in [6.07, 6.45) is 1.51. The third kappa shape index (κ3) is 1.99. The van der Waals surface area contributed by atoms with E-state index in [1.807, 2.05) is 13.0 Å². The van der Waals surface area contributed by atoms with Crippen LogP contribution in [0.5, 0.6) is 0 Å². The van der Waals surface area contributed by atoms with Crippen LogP contribution in [0.3, 0.4) is 0 Å². The first-order chi connectivity index (χ1) is 7.99. The highest BCUT2D eigenvalue weighted by atomic mass is 16.2. The van der Waals surface area contributed by atoms with Gasteiger partial charge in [0.2, 0.25) is 0 Å². The van der Waals surface area contributed by atoms with Crippen molar-refractivity contribution in [1.29, 1.82) is 0 Å². The van der Waals surface area contributed by atoms with Gasteiger partial charge in [0, 0.05) is 17.4 Å². The summed E-state index contributed by atoms with van der Waals surface area (Å²) in [5, 5.41) is 0. The normalized spacial score (nSPS) is 10.5. The average Bonchev–Trinajstić information content (AvgIpc) is 2.27. The number of anilines is 1. The SMILES string of the molecule is Cc1ccc(-n2cc(C)c(=O)[nH]c2=O)cc1N. The Labute approximate surface area is 97.5 Å². The number of hydrogen-bond donors (Lipinski definition) is 2. The van der Waals surface area contributed by atoms with Crippen LogP contribution < -0.4 is 17.0 Å². The van der Waals surface area contributed by atoms with Gasteiger partial charge in [0.25, 0.3) is 5.56 Å². The number of benzene rings is 1. The van der Waals surface area contributed by atoms with Gasteiger partial charge in [0.1, 0.15) is 0 Å². The van der Waals surface area contributed by atoms with Crippen molar-refractivity contribution in [2.75, 3.05) is 5.73 Å². The van der Waals surface area contributed by atoms with E-state index in [0.29, 0.717) is 16.9 Å². The largest absolute Gasteiger partial charge is 0.398 e. The van der Waals surface area contributed by atoms with Gasteiger partial charge in [-0.2, -0.15) is 0 Å². The summed E-state index contributed by atoms with van der Waals surface area (Å²) in [6.45, 7) is 3.53. The van der Waals surface area contributed by atoms with Crippen LogP contribution in [-0.4, -0.2) is 9.55 Å². The summed E-state index contributed by atoms with van der Waals surface area (Å²) >= 11 is 0. The standard InChI is InChI=1S/C12H13N3O2/c1-7-3-4-9(5-10(7)13)15-6-8(2)11(16)14-12(15)17/h3-6H,13H2,1-2H3,(H,14,16,17). The van der Waals surface area contributed by atoms with Gasteiger partial charge in [-0.15, -0.1) is 0 Å². The van der Waals surface area contributed by atoms with Gasteiger partial charge in [-0.25, -0.2) is 4.79 Å². The van der Waals surface area contributed by atoms with E-state index in [2.05, 4.69) is 4.98 Å². The molecule has 0 amide bonds. The number of nitrogen functional groups attached to an aromatic ring is 1. The van der Waals surface area contributed by atoms with Crippen molar-refractivity contribution >= 4 is 5.69 Å². The second-order valence-corrected chi connectivity index (χ2v) is 3.98. The van der Waals surface area contributed by atoms with Gasteiger partial charge in [0.15, 0.2) is 0 Å². The molecule has 5 heteroatoms. The maximum atomic E-state index is 11.7. The Morgan fingerprint density at radius 3 is 2.53 bits per heavy atom. The molecule has 0 atom stereocenters. The molecule has 17 heavy (non-hydrogen) atoms. The Morgan fingerprint density at radius 1 is 1.18 bits per heavy atom. The lowest BCUT2D eigenvalue weighted by Crippen LogP contribution is -2.29. The van der Waals surface area contributed by atoms with Crippen LogP contribution in [-0.2, 0) is 0 Å². The number of aromatic amines is 1. The molecule has 0 unspecified atom stereocenters. The van der Waals surface area contributed by atoms with Crippen molar-refractivity contribution in [2.45, 2.75) is 13.8 Å². The fourth-order valence-electron chi connectivity index (χ4n) is 1.54. The number of rotatable bonds is 1. The number of nitrogens with zero attached hydrogens (tertiary/aromatic N) is 1. The molecule has 0 saturated carbocycles. The summed E-state index contributed by atoms with van der Waals surface area (Å²) in [4.78, 5) is 25.2. The number of aromatic nitrogens is 2. The van der Waals surface area contributed by atoms with Crippen molar-refractivity contribution in [3.05, 3.63) is 56.4 Å². The maximum absolute atomic E-state index is 11.7. The quantitative estimate of drug-likeness (QED) is 0.710. The zero-order valence-corrected chi connectivity index (χ0v) is 9.65. The summed E-state index contributed by atoms with van der Waals surface area (Å²) in [6, 6.07) is 5.32. The lowest BCUT2D eigenvalue weighted by atomic mass is 10.2. The minimum absolute atomic E-state index is 0.369. The van der Waals surface area contributed by atoms with E-state index in [9.17, 15) is 9.59 Å². The maximum Gasteiger partial charge on any atom is 0.332 e. The first kappa shape index (κ1) is 11.2. The molecule has 1 heterocycles.